The number of allylic oxidation sites excluding steroid dienone is 3. The summed E-state index contributed by atoms with van der Waals surface area (Å²) in [6.07, 6.45) is 11.6. The minimum atomic E-state index is 0.718. The van der Waals surface area contributed by atoms with E-state index < -0.39 is 0 Å². The number of ether oxygens (including phenoxy) is 1. The van der Waals surface area contributed by atoms with Crippen LogP contribution in [0.4, 0.5) is 0 Å². The largest absolute Gasteiger partial charge is 0.494 e. The second-order valence-electron chi connectivity index (χ2n) is 7.92. The predicted molar refractivity (Wildman–Crippen MR) is 129 cm³/mol. The third-order valence-electron chi connectivity index (χ3n) is 5.32. The maximum Gasteiger partial charge on any atom is 0.119 e. The van der Waals surface area contributed by atoms with E-state index in [0.717, 1.165) is 36.1 Å². The Morgan fingerprint density at radius 1 is 0.900 bits per heavy atom. The molecule has 3 rings (SSSR count). The van der Waals surface area contributed by atoms with Gasteiger partial charge in [-0.05, 0) is 73.9 Å². The van der Waals surface area contributed by atoms with Crippen LogP contribution >= 0.6 is 0 Å². The molecule has 1 fully saturated rings. The molecule has 0 atom stereocenters. The highest BCUT2D eigenvalue weighted by Crippen LogP contribution is 2.33. The lowest BCUT2D eigenvalue weighted by Crippen LogP contribution is -2.04. The van der Waals surface area contributed by atoms with Crippen molar-refractivity contribution in [2.75, 3.05) is 6.61 Å². The minimum Gasteiger partial charge on any atom is -0.494 e. The van der Waals surface area contributed by atoms with E-state index in [1.807, 2.05) is 39.0 Å². The summed E-state index contributed by atoms with van der Waals surface area (Å²) in [5.41, 5.74) is 16.4. The zero-order valence-electron chi connectivity index (χ0n) is 18.9. The molecule has 0 unspecified atom stereocenters. The van der Waals surface area contributed by atoms with Gasteiger partial charge in [0.2, 0.25) is 0 Å². The molecule has 0 amide bonds. The zero-order valence-corrected chi connectivity index (χ0v) is 18.9. The topological polar surface area (TPSA) is 61.3 Å². The van der Waals surface area contributed by atoms with E-state index in [0.29, 0.717) is 0 Å². The minimum absolute atomic E-state index is 0.718. The summed E-state index contributed by atoms with van der Waals surface area (Å²) < 4.78 is 5.50. The number of rotatable bonds is 6. The first-order valence-corrected chi connectivity index (χ1v) is 11.3. The smallest absolute Gasteiger partial charge is 0.119 e. The van der Waals surface area contributed by atoms with Gasteiger partial charge in [0.1, 0.15) is 5.75 Å². The molecule has 0 heterocycles. The fourth-order valence-electron chi connectivity index (χ4n) is 3.85. The van der Waals surface area contributed by atoms with Crippen molar-refractivity contribution < 1.29 is 4.74 Å². The summed E-state index contributed by atoms with van der Waals surface area (Å²) in [7, 11) is 0. The van der Waals surface area contributed by atoms with Crippen LogP contribution in [-0.2, 0) is 0 Å². The Morgan fingerprint density at radius 3 is 1.97 bits per heavy atom. The molecular formula is C27H38N2O. The molecule has 0 bridgehead atoms. The Morgan fingerprint density at radius 2 is 1.47 bits per heavy atom. The van der Waals surface area contributed by atoms with Gasteiger partial charge in [0.25, 0.3) is 0 Å². The molecule has 3 nitrogen and oxygen atoms in total. The van der Waals surface area contributed by atoms with Crippen LogP contribution in [0.5, 0.6) is 5.75 Å². The normalized spacial score (nSPS) is 15.3. The third-order valence-corrected chi connectivity index (χ3v) is 5.32. The first kappa shape index (κ1) is 23.6. The Hall–Kier alpha value is -2.68. The van der Waals surface area contributed by atoms with Crippen molar-refractivity contribution in [2.45, 2.75) is 65.2 Å². The molecule has 30 heavy (non-hydrogen) atoms. The highest BCUT2D eigenvalue weighted by molar-refractivity contribution is 5.64. The van der Waals surface area contributed by atoms with E-state index in [-0.39, 0.29) is 0 Å². The van der Waals surface area contributed by atoms with Crippen molar-refractivity contribution in [3.8, 4) is 16.9 Å². The van der Waals surface area contributed by atoms with Crippen LogP contribution in [0, 0.1) is 0 Å². The second kappa shape index (κ2) is 12.8. The van der Waals surface area contributed by atoms with Crippen molar-refractivity contribution >= 4 is 0 Å². The number of hydrogen-bond acceptors (Lipinski definition) is 3. The van der Waals surface area contributed by atoms with Gasteiger partial charge in [-0.1, -0.05) is 68.7 Å². The lowest BCUT2D eigenvalue weighted by atomic mass is 9.84. The summed E-state index contributed by atoms with van der Waals surface area (Å²) in [4.78, 5) is 0. The number of hydrogen-bond donors (Lipinski definition) is 2. The van der Waals surface area contributed by atoms with Crippen molar-refractivity contribution in [2.24, 2.45) is 11.5 Å². The van der Waals surface area contributed by atoms with E-state index in [9.17, 15) is 0 Å². The lowest BCUT2D eigenvalue weighted by Gasteiger charge is -2.22. The van der Waals surface area contributed by atoms with E-state index in [1.54, 1.807) is 6.08 Å². The molecule has 0 radical (unpaired) electrons. The van der Waals surface area contributed by atoms with Gasteiger partial charge < -0.3 is 16.2 Å². The van der Waals surface area contributed by atoms with Crippen LogP contribution in [0.1, 0.15) is 70.8 Å². The highest BCUT2D eigenvalue weighted by Gasteiger charge is 2.15. The molecule has 2 aromatic carbocycles. The Kier molecular flexibility index (Phi) is 10.1. The average molecular weight is 407 g/mol. The maximum atomic E-state index is 5.50. The standard InChI is InChI=1S/C20H24O.C7H14N2/c1-2-21-20-14-12-19(13-15-20)18-10-8-17(9-11-18)16-6-4-3-5-7-16;1-3-4-7(9)5-6(2)8/h8-16H,2-7H2,1H3;4-5H,3,8-9H2,1-2H3/b;6-5+,7-4+. The van der Waals surface area contributed by atoms with E-state index in [2.05, 4.69) is 36.4 Å². The van der Waals surface area contributed by atoms with Crippen molar-refractivity contribution in [1.29, 1.82) is 0 Å². The Labute approximate surface area is 182 Å². The van der Waals surface area contributed by atoms with E-state index in [4.69, 9.17) is 16.2 Å². The van der Waals surface area contributed by atoms with Gasteiger partial charge in [-0.3, -0.25) is 0 Å². The molecule has 0 aliphatic heterocycles. The molecule has 1 saturated carbocycles. The first-order valence-electron chi connectivity index (χ1n) is 11.3. The highest BCUT2D eigenvalue weighted by atomic mass is 16.5. The average Bonchev–Trinajstić information content (AvgIpc) is 2.75. The Balaban J connectivity index is 0.000000303. The lowest BCUT2D eigenvalue weighted by molar-refractivity contribution is 0.340. The van der Waals surface area contributed by atoms with Crippen LogP contribution in [0.25, 0.3) is 11.1 Å². The van der Waals surface area contributed by atoms with Gasteiger partial charge in [-0.2, -0.15) is 0 Å². The van der Waals surface area contributed by atoms with Crippen molar-refractivity contribution in [3.63, 3.8) is 0 Å². The molecule has 0 saturated heterocycles. The molecule has 0 aromatic heterocycles. The second-order valence-corrected chi connectivity index (χ2v) is 7.92. The summed E-state index contributed by atoms with van der Waals surface area (Å²) in [6, 6.07) is 17.5. The quantitative estimate of drug-likeness (QED) is 0.513. The summed E-state index contributed by atoms with van der Waals surface area (Å²) >= 11 is 0. The molecule has 0 spiro atoms. The van der Waals surface area contributed by atoms with Crippen LogP contribution < -0.4 is 16.2 Å². The van der Waals surface area contributed by atoms with Gasteiger partial charge in [-0.25, -0.2) is 0 Å². The van der Waals surface area contributed by atoms with Crippen LogP contribution in [0.2, 0.25) is 0 Å². The molecule has 4 N–H and O–H groups in total. The van der Waals surface area contributed by atoms with Gasteiger partial charge in [0, 0.05) is 11.4 Å². The molecule has 3 heteroatoms. The SMILES string of the molecule is CC/C=C(N)\C=C(/C)N.CCOc1ccc(-c2ccc(C3CCCCC3)cc2)cc1. The van der Waals surface area contributed by atoms with E-state index >= 15 is 0 Å². The summed E-state index contributed by atoms with van der Waals surface area (Å²) in [6.45, 7) is 6.58. The van der Waals surface area contributed by atoms with Crippen molar-refractivity contribution in [1.82, 2.24) is 0 Å². The molecular weight excluding hydrogens is 368 g/mol. The third kappa shape index (κ3) is 7.98. The molecule has 1 aliphatic rings. The van der Waals surface area contributed by atoms with Gasteiger partial charge in [-0.15, -0.1) is 0 Å². The molecule has 2 aromatic rings. The van der Waals surface area contributed by atoms with Crippen LogP contribution in [0.15, 0.2) is 72.1 Å². The summed E-state index contributed by atoms with van der Waals surface area (Å²) in [5.74, 6) is 1.73. The fourth-order valence-corrected chi connectivity index (χ4v) is 3.85. The van der Waals surface area contributed by atoms with Gasteiger partial charge in [0.15, 0.2) is 0 Å². The monoisotopic (exact) mass is 406 g/mol. The van der Waals surface area contributed by atoms with Crippen molar-refractivity contribution in [3.05, 3.63) is 77.6 Å². The van der Waals surface area contributed by atoms with Crippen LogP contribution in [-0.4, -0.2) is 6.61 Å². The zero-order chi connectivity index (χ0) is 21.8. The molecule has 1 aliphatic carbocycles. The Bertz CT molecular complexity index is 794. The maximum absolute atomic E-state index is 5.50. The number of nitrogens with two attached hydrogens (primary N) is 2. The van der Waals surface area contributed by atoms with Gasteiger partial charge >= 0.3 is 0 Å². The first-order chi connectivity index (χ1) is 14.5. The van der Waals surface area contributed by atoms with E-state index in [1.165, 1.54) is 48.8 Å². The summed E-state index contributed by atoms with van der Waals surface area (Å²) in [5, 5.41) is 0. The fraction of sp³-hybridized carbons (Fsp3) is 0.407. The molecule has 162 valence electrons. The predicted octanol–water partition coefficient (Wildman–Crippen LogP) is 6.90. The van der Waals surface area contributed by atoms with Gasteiger partial charge in [0.05, 0.1) is 6.61 Å². The van der Waals surface area contributed by atoms with Crippen LogP contribution in [0.3, 0.4) is 0 Å². The number of benzene rings is 2.